The minimum absolute atomic E-state index is 1.53. The van der Waals surface area contributed by atoms with E-state index in [4.69, 9.17) is 9.15 Å². The molecule has 0 aromatic carbocycles. The highest BCUT2D eigenvalue weighted by atomic mass is 29.9. The molecule has 98 valence electrons. The minimum Gasteiger partial charge on any atom is -0.261 e. The number of hydrogen-bond acceptors (Lipinski definition) is 4. The number of hydrogen-bond donors (Lipinski definition) is 2. The second kappa shape index (κ2) is 4.76. The zero-order valence-corrected chi connectivity index (χ0v) is 15.7. The maximum absolute atomic E-state index is 9.20. The molecule has 8 heteroatoms. The van der Waals surface area contributed by atoms with Gasteiger partial charge in [-0.1, -0.05) is 45.8 Å². The summed E-state index contributed by atoms with van der Waals surface area (Å²) >= 11 is 0. The van der Waals surface area contributed by atoms with E-state index in [1.54, 1.807) is 6.55 Å². The predicted octanol–water partition coefficient (Wildman–Crippen LogP) is 3.03. The maximum atomic E-state index is 9.20. The van der Waals surface area contributed by atoms with Gasteiger partial charge in [0.2, 0.25) is 0 Å². The second-order valence-corrected chi connectivity index (χ2v) is 45.5. The van der Waals surface area contributed by atoms with E-state index in [1.165, 1.54) is 0 Å². The van der Waals surface area contributed by atoms with Gasteiger partial charge in [-0.15, -0.1) is 0 Å². The Hall–Kier alpha value is 0.708. The van der Waals surface area contributed by atoms with Gasteiger partial charge in [-0.25, -0.2) is 0 Å². The van der Waals surface area contributed by atoms with Crippen LogP contribution in [0.2, 0.25) is 52.4 Å². The van der Waals surface area contributed by atoms with Crippen LogP contribution in [0.1, 0.15) is 0 Å². The Labute approximate surface area is 102 Å². The molecule has 0 rings (SSSR count). The fraction of sp³-hybridized carbons (Fsp3) is 1.00. The summed E-state index contributed by atoms with van der Waals surface area (Å²) in [6, 6.07) is 0. The average molecular weight is 299 g/mol. The third-order valence-electron chi connectivity index (χ3n) is 4.26. The van der Waals surface area contributed by atoms with Crippen molar-refractivity contribution in [2.75, 3.05) is 0 Å². The molecule has 0 amide bonds. The van der Waals surface area contributed by atoms with Crippen molar-refractivity contribution in [2.45, 2.75) is 52.4 Å². The quantitative estimate of drug-likeness (QED) is 0.465. The van der Waals surface area contributed by atoms with Gasteiger partial charge >= 0.3 is 8.08 Å². The molecule has 0 heterocycles. The fourth-order valence-corrected chi connectivity index (χ4v) is 70.5. The fourth-order valence-electron chi connectivity index (χ4n) is 2.69. The van der Waals surface area contributed by atoms with Gasteiger partial charge < -0.3 is 0 Å². The molecule has 0 saturated carbocycles. The zero-order chi connectivity index (χ0) is 13.4. The summed E-state index contributed by atoms with van der Waals surface area (Å²) in [5.74, 6) is 0. The van der Waals surface area contributed by atoms with Crippen LogP contribution in [-0.2, 0) is 9.15 Å². The van der Waals surface area contributed by atoms with Crippen LogP contribution in [0.15, 0.2) is 0 Å². The zero-order valence-electron chi connectivity index (χ0n) is 11.7. The summed E-state index contributed by atoms with van der Waals surface area (Å²) < 4.78 is 9.41. The van der Waals surface area contributed by atoms with Crippen LogP contribution >= 0.6 is 0 Å². The lowest BCUT2D eigenvalue weighted by Gasteiger charge is -2.52. The van der Waals surface area contributed by atoms with E-state index in [1.807, 2.05) is 0 Å². The molecule has 2 N–H and O–H groups in total. The van der Waals surface area contributed by atoms with Gasteiger partial charge in [-0.05, 0) is 6.55 Å². The van der Waals surface area contributed by atoms with Gasteiger partial charge in [-0.3, -0.25) is 19.7 Å². The van der Waals surface area contributed by atoms with Gasteiger partial charge in [0.15, 0.2) is 0 Å². The van der Waals surface area contributed by atoms with Gasteiger partial charge in [0.25, 0.3) is 0 Å². The van der Waals surface area contributed by atoms with Crippen LogP contribution in [0.3, 0.4) is 0 Å². The van der Waals surface area contributed by atoms with Crippen LogP contribution in [-0.4, -0.2) is 40.4 Å². The van der Waals surface area contributed by atoms with E-state index < -0.39 is 29.9 Å². The minimum atomic E-state index is -2.85. The third kappa shape index (κ3) is 2.43. The first kappa shape index (κ1) is 16.7. The van der Waals surface area contributed by atoms with Gasteiger partial charge in [0.05, 0.1) is 0 Å². The maximum Gasteiger partial charge on any atom is 0.381 e. The predicted molar refractivity (Wildman–Crippen MR) is 77.4 cm³/mol. The van der Waals surface area contributed by atoms with E-state index in [2.05, 4.69) is 45.8 Å². The highest BCUT2D eigenvalue weighted by Gasteiger charge is 2.67. The molecule has 0 aliphatic carbocycles. The molecular formula is C8H26O4Si4. The van der Waals surface area contributed by atoms with Crippen molar-refractivity contribution >= 4 is 29.9 Å². The van der Waals surface area contributed by atoms with E-state index in [0.29, 0.717) is 0 Å². The molecule has 0 atom stereocenters. The van der Waals surface area contributed by atoms with E-state index >= 15 is 0 Å². The molecule has 0 saturated heterocycles. The highest BCUT2D eigenvalue weighted by molar-refractivity contribution is 7.87. The second-order valence-electron chi connectivity index (χ2n) is 6.75. The smallest absolute Gasteiger partial charge is 0.261 e. The Morgan fingerprint density at radius 1 is 0.625 bits per heavy atom. The molecule has 0 fully saturated rings. The molecular weight excluding hydrogens is 272 g/mol. The summed E-state index contributed by atoms with van der Waals surface area (Å²) in [6.45, 7) is 15.9. The Morgan fingerprint density at radius 3 is 0.938 bits per heavy atom. The summed E-state index contributed by atoms with van der Waals surface area (Å²) in [6.07, 6.45) is 0. The number of rotatable bonds is 5. The molecule has 0 spiro atoms. The first-order chi connectivity index (χ1) is 6.87. The Bertz CT molecular complexity index is 227. The van der Waals surface area contributed by atoms with Crippen molar-refractivity contribution in [3.8, 4) is 0 Å². The third-order valence-corrected chi connectivity index (χ3v) is 71.9. The van der Waals surface area contributed by atoms with Gasteiger partial charge in [-0.2, -0.15) is 0 Å². The van der Waals surface area contributed by atoms with Gasteiger partial charge in [0, 0.05) is 15.2 Å². The van der Waals surface area contributed by atoms with Crippen molar-refractivity contribution in [3.05, 3.63) is 0 Å². The molecule has 0 radical (unpaired) electrons. The average Bonchev–Trinajstić information content (AvgIpc) is 2.11. The topological polar surface area (TPSA) is 58.9 Å². The Balaban J connectivity index is 5.79. The molecule has 0 aromatic heterocycles. The van der Waals surface area contributed by atoms with Crippen molar-refractivity contribution in [3.63, 3.8) is 0 Å². The lowest BCUT2D eigenvalue weighted by atomic mass is 11.8. The summed E-state index contributed by atoms with van der Waals surface area (Å²) in [5, 5.41) is 18.4. The van der Waals surface area contributed by atoms with Crippen molar-refractivity contribution in [2.24, 2.45) is 0 Å². The molecule has 16 heavy (non-hydrogen) atoms. The SMILES string of the molecule is C[Si](C)(C)[Si](C)([Si](C)(C)C)[Si](C)(OO)OO. The van der Waals surface area contributed by atoms with Crippen LogP contribution in [0.5, 0.6) is 0 Å². The monoisotopic (exact) mass is 298 g/mol. The molecule has 4 nitrogen and oxygen atoms in total. The highest BCUT2D eigenvalue weighted by Crippen LogP contribution is 2.37. The molecule has 0 aliphatic rings. The molecule has 0 aromatic rings. The first-order valence-electron chi connectivity index (χ1n) is 5.52. The van der Waals surface area contributed by atoms with E-state index in [-0.39, 0.29) is 0 Å². The van der Waals surface area contributed by atoms with Crippen LogP contribution in [0.25, 0.3) is 0 Å². The van der Waals surface area contributed by atoms with Crippen molar-refractivity contribution in [1.29, 1.82) is 0 Å². The van der Waals surface area contributed by atoms with Crippen LogP contribution in [0, 0.1) is 0 Å². The standard InChI is InChI=1S/C8H26O4Si4/c1-13(2,3)16(8,14(4,5)6)15(7,11-9)12-10/h9-10H,1-8H3. The summed E-state index contributed by atoms with van der Waals surface area (Å²) in [4.78, 5) is 0. The molecule has 0 unspecified atom stereocenters. The van der Waals surface area contributed by atoms with E-state index in [0.717, 1.165) is 0 Å². The lowest BCUT2D eigenvalue weighted by molar-refractivity contribution is -0.230. The summed E-state index contributed by atoms with van der Waals surface area (Å²) in [5.41, 5.74) is 0. The van der Waals surface area contributed by atoms with Crippen LogP contribution < -0.4 is 0 Å². The summed E-state index contributed by atoms with van der Waals surface area (Å²) in [7, 11) is -5.91. The largest absolute Gasteiger partial charge is 0.381 e. The molecule has 0 bridgehead atoms. The van der Waals surface area contributed by atoms with Crippen molar-refractivity contribution < 1.29 is 19.7 Å². The normalized spacial score (nSPS) is 15.4. The Kier molecular flexibility index (Phi) is 4.97. The van der Waals surface area contributed by atoms with E-state index in [9.17, 15) is 10.5 Å². The van der Waals surface area contributed by atoms with Crippen molar-refractivity contribution in [1.82, 2.24) is 0 Å². The van der Waals surface area contributed by atoms with Gasteiger partial charge in [0.1, 0.15) is 6.63 Å². The first-order valence-corrected chi connectivity index (χ1v) is 20.3. The lowest BCUT2D eigenvalue weighted by Crippen LogP contribution is -2.84. The molecule has 0 aliphatic heterocycles. The Morgan fingerprint density at radius 2 is 0.875 bits per heavy atom. The van der Waals surface area contributed by atoms with Crippen LogP contribution in [0.4, 0.5) is 0 Å².